The van der Waals surface area contributed by atoms with Gasteiger partial charge in [-0.05, 0) is 29.8 Å². The van der Waals surface area contributed by atoms with E-state index in [0.29, 0.717) is 5.02 Å². The van der Waals surface area contributed by atoms with Crippen LogP contribution in [-0.2, 0) is 16.0 Å². The first kappa shape index (κ1) is 16.6. The normalized spacial score (nSPS) is 10.1. The van der Waals surface area contributed by atoms with Crippen molar-refractivity contribution in [3.05, 3.63) is 74.8 Å². The fourth-order valence-electron chi connectivity index (χ4n) is 1.82. The maximum absolute atomic E-state index is 11.9. The molecule has 6 nitrogen and oxygen atoms in total. The highest BCUT2D eigenvalue weighted by Crippen LogP contribution is 2.13. The number of ether oxygens (including phenoxy) is 1. The molecule has 0 saturated heterocycles. The number of rotatable bonds is 6. The monoisotopic (exact) mass is 333 g/mol. The predicted molar refractivity (Wildman–Crippen MR) is 83.5 cm³/mol. The van der Waals surface area contributed by atoms with Crippen LogP contribution in [0.15, 0.2) is 48.5 Å². The van der Waals surface area contributed by atoms with Gasteiger partial charge in [-0.2, -0.15) is 0 Å². The maximum atomic E-state index is 11.9. The van der Waals surface area contributed by atoms with Crippen LogP contribution in [0.3, 0.4) is 0 Å². The Morgan fingerprint density at radius 1 is 1.04 bits per heavy atom. The summed E-state index contributed by atoms with van der Waals surface area (Å²) < 4.78 is 4.91. The second-order valence-electron chi connectivity index (χ2n) is 4.69. The van der Waals surface area contributed by atoms with Crippen molar-refractivity contribution >= 4 is 29.0 Å². The van der Waals surface area contributed by atoms with Gasteiger partial charge < -0.3 is 4.74 Å². The van der Waals surface area contributed by atoms with E-state index < -0.39 is 23.3 Å². The molecule has 0 bridgehead atoms. The van der Waals surface area contributed by atoms with Crippen molar-refractivity contribution in [3.8, 4) is 0 Å². The van der Waals surface area contributed by atoms with E-state index in [1.54, 1.807) is 24.3 Å². The Morgan fingerprint density at radius 2 is 1.65 bits per heavy atom. The highest BCUT2D eigenvalue weighted by molar-refractivity contribution is 6.30. The lowest BCUT2D eigenvalue weighted by Crippen LogP contribution is -2.15. The van der Waals surface area contributed by atoms with Crippen molar-refractivity contribution in [2.45, 2.75) is 6.42 Å². The molecule has 0 heterocycles. The van der Waals surface area contributed by atoms with E-state index in [-0.39, 0.29) is 17.7 Å². The SMILES string of the molecule is O=C(Cc1ccc(Cl)cc1)OCC(=O)c1ccc([N+](=O)[O-])cc1. The molecule has 0 fully saturated rings. The van der Waals surface area contributed by atoms with E-state index >= 15 is 0 Å². The van der Waals surface area contributed by atoms with Crippen LogP contribution >= 0.6 is 11.6 Å². The Hall–Kier alpha value is -2.73. The van der Waals surface area contributed by atoms with E-state index in [4.69, 9.17) is 16.3 Å². The molecule has 23 heavy (non-hydrogen) atoms. The summed E-state index contributed by atoms with van der Waals surface area (Å²) in [5, 5.41) is 11.1. The van der Waals surface area contributed by atoms with Gasteiger partial charge in [0.25, 0.3) is 5.69 Å². The zero-order chi connectivity index (χ0) is 16.8. The number of carbonyl (C=O) groups is 2. The summed E-state index contributed by atoms with van der Waals surface area (Å²) in [7, 11) is 0. The first-order chi connectivity index (χ1) is 11.0. The molecule has 0 atom stereocenters. The lowest BCUT2D eigenvalue weighted by Gasteiger charge is -2.05. The quantitative estimate of drug-likeness (QED) is 0.350. The third-order valence-corrected chi connectivity index (χ3v) is 3.28. The van der Waals surface area contributed by atoms with Crippen LogP contribution in [0, 0.1) is 10.1 Å². The summed E-state index contributed by atoms with van der Waals surface area (Å²) >= 11 is 5.75. The van der Waals surface area contributed by atoms with Gasteiger partial charge in [-0.1, -0.05) is 23.7 Å². The van der Waals surface area contributed by atoms with Gasteiger partial charge in [-0.3, -0.25) is 19.7 Å². The fourth-order valence-corrected chi connectivity index (χ4v) is 1.94. The lowest BCUT2D eigenvalue weighted by atomic mass is 10.1. The predicted octanol–water partition coefficient (Wildman–Crippen LogP) is 3.22. The third-order valence-electron chi connectivity index (χ3n) is 3.03. The van der Waals surface area contributed by atoms with E-state index in [1.807, 2.05) is 0 Å². The lowest BCUT2D eigenvalue weighted by molar-refractivity contribution is -0.384. The van der Waals surface area contributed by atoms with E-state index in [1.165, 1.54) is 24.3 Å². The van der Waals surface area contributed by atoms with E-state index in [9.17, 15) is 19.7 Å². The second kappa shape index (κ2) is 7.51. The van der Waals surface area contributed by atoms with Crippen LogP contribution in [0.4, 0.5) is 5.69 Å². The second-order valence-corrected chi connectivity index (χ2v) is 5.13. The van der Waals surface area contributed by atoms with Crippen LogP contribution in [0.25, 0.3) is 0 Å². The minimum atomic E-state index is -0.555. The molecule has 0 saturated carbocycles. The van der Waals surface area contributed by atoms with Crippen molar-refractivity contribution in [1.29, 1.82) is 0 Å². The topological polar surface area (TPSA) is 86.5 Å². The Labute approximate surface area is 136 Å². The van der Waals surface area contributed by atoms with Crippen molar-refractivity contribution < 1.29 is 19.2 Å². The van der Waals surface area contributed by atoms with E-state index in [2.05, 4.69) is 0 Å². The van der Waals surface area contributed by atoms with Gasteiger partial charge in [0.15, 0.2) is 12.4 Å². The highest BCUT2D eigenvalue weighted by Gasteiger charge is 2.12. The number of ketones is 1. The molecule has 0 spiro atoms. The maximum Gasteiger partial charge on any atom is 0.310 e. The Morgan fingerprint density at radius 3 is 2.22 bits per heavy atom. The molecular weight excluding hydrogens is 322 g/mol. The summed E-state index contributed by atoms with van der Waals surface area (Å²) in [5.74, 6) is -0.966. The molecule has 0 amide bonds. The summed E-state index contributed by atoms with van der Waals surface area (Å²) in [4.78, 5) is 33.5. The van der Waals surface area contributed by atoms with Crippen LogP contribution in [0.2, 0.25) is 5.02 Å². The molecular formula is C16H12ClNO5. The van der Waals surface area contributed by atoms with Crippen LogP contribution in [-0.4, -0.2) is 23.3 Å². The smallest absolute Gasteiger partial charge is 0.310 e. The zero-order valence-corrected chi connectivity index (χ0v) is 12.7. The molecule has 0 aliphatic rings. The standard InChI is InChI=1S/C16H12ClNO5/c17-13-5-1-11(2-6-13)9-16(20)23-10-15(19)12-3-7-14(8-4-12)18(21)22/h1-8H,9-10H2. The largest absolute Gasteiger partial charge is 0.457 e. The number of Topliss-reactive ketones (excluding diaryl/α,β-unsaturated/α-hetero) is 1. The van der Waals surface area contributed by atoms with Gasteiger partial charge in [-0.25, -0.2) is 0 Å². The number of nitrogens with zero attached hydrogens (tertiary/aromatic N) is 1. The molecule has 118 valence electrons. The van der Waals surface area contributed by atoms with Gasteiger partial charge in [-0.15, -0.1) is 0 Å². The summed E-state index contributed by atoms with van der Waals surface area (Å²) in [6.07, 6.45) is 0.0325. The number of non-ortho nitro benzene ring substituents is 1. The molecule has 0 aliphatic carbocycles. The minimum Gasteiger partial charge on any atom is -0.457 e. The molecule has 7 heteroatoms. The fraction of sp³-hybridized carbons (Fsp3) is 0.125. The molecule has 0 unspecified atom stereocenters. The number of hydrogen-bond acceptors (Lipinski definition) is 5. The molecule has 2 rings (SSSR count). The number of benzene rings is 2. The Bertz CT molecular complexity index is 725. The van der Waals surface area contributed by atoms with E-state index in [0.717, 1.165) is 5.56 Å². The number of hydrogen-bond donors (Lipinski definition) is 0. The number of nitro groups is 1. The highest BCUT2D eigenvalue weighted by atomic mass is 35.5. The Balaban J connectivity index is 1.87. The van der Waals surface area contributed by atoms with Crippen molar-refractivity contribution in [3.63, 3.8) is 0 Å². The molecule has 2 aromatic carbocycles. The summed E-state index contributed by atoms with van der Waals surface area (Å²) in [5.41, 5.74) is 0.860. The van der Waals surface area contributed by atoms with Crippen LogP contribution < -0.4 is 0 Å². The molecule has 0 aliphatic heterocycles. The number of carbonyl (C=O) groups excluding carboxylic acids is 2. The van der Waals surface area contributed by atoms with Gasteiger partial charge >= 0.3 is 5.97 Å². The van der Waals surface area contributed by atoms with Gasteiger partial charge in [0, 0.05) is 22.7 Å². The van der Waals surface area contributed by atoms with Gasteiger partial charge in [0.2, 0.25) is 0 Å². The first-order valence-corrected chi connectivity index (χ1v) is 7.01. The number of esters is 1. The average Bonchev–Trinajstić information content (AvgIpc) is 2.55. The summed E-state index contributed by atoms with van der Waals surface area (Å²) in [6, 6.07) is 11.8. The molecule has 0 radical (unpaired) electrons. The Kier molecular flexibility index (Phi) is 5.43. The van der Waals surface area contributed by atoms with Gasteiger partial charge in [0.05, 0.1) is 11.3 Å². The number of nitro benzene ring substituents is 1. The van der Waals surface area contributed by atoms with Crippen LogP contribution in [0.5, 0.6) is 0 Å². The third kappa shape index (κ3) is 4.89. The molecule has 0 aromatic heterocycles. The van der Waals surface area contributed by atoms with Crippen molar-refractivity contribution in [2.75, 3.05) is 6.61 Å². The van der Waals surface area contributed by atoms with Crippen molar-refractivity contribution in [1.82, 2.24) is 0 Å². The summed E-state index contributed by atoms with van der Waals surface area (Å²) in [6.45, 7) is -0.412. The molecule has 0 N–H and O–H groups in total. The van der Waals surface area contributed by atoms with Crippen molar-refractivity contribution in [2.24, 2.45) is 0 Å². The number of halogens is 1. The van der Waals surface area contributed by atoms with Crippen LogP contribution in [0.1, 0.15) is 15.9 Å². The molecule has 2 aromatic rings. The average molecular weight is 334 g/mol. The zero-order valence-electron chi connectivity index (χ0n) is 11.9. The first-order valence-electron chi connectivity index (χ1n) is 6.63. The van der Waals surface area contributed by atoms with Gasteiger partial charge in [0.1, 0.15) is 0 Å². The minimum absolute atomic E-state index is 0.0325.